The Hall–Kier alpha value is -4.06. The van der Waals surface area contributed by atoms with Crippen LogP contribution in [0.25, 0.3) is 27.5 Å². The fourth-order valence-electron chi connectivity index (χ4n) is 4.30. The van der Waals surface area contributed by atoms with E-state index in [9.17, 15) is 9.59 Å². The molecule has 0 amide bonds. The third-order valence-electron chi connectivity index (χ3n) is 5.70. The zero-order valence-electron chi connectivity index (χ0n) is 17.9. The van der Waals surface area contributed by atoms with Crippen LogP contribution >= 0.6 is 0 Å². The van der Waals surface area contributed by atoms with Crippen LogP contribution in [-0.4, -0.2) is 28.7 Å². The maximum absolute atomic E-state index is 13.6. The van der Waals surface area contributed by atoms with Crippen molar-refractivity contribution in [2.75, 3.05) is 13.7 Å². The van der Waals surface area contributed by atoms with Gasteiger partial charge in [0.15, 0.2) is 0 Å². The van der Waals surface area contributed by atoms with Gasteiger partial charge in [-0.25, -0.2) is 4.79 Å². The first kappa shape index (κ1) is 19.9. The summed E-state index contributed by atoms with van der Waals surface area (Å²) in [5, 5.41) is 1.06. The molecule has 32 heavy (non-hydrogen) atoms. The summed E-state index contributed by atoms with van der Waals surface area (Å²) >= 11 is 0. The van der Waals surface area contributed by atoms with E-state index in [1.807, 2.05) is 59.2 Å². The first-order valence-corrected chi connectivity index (χ1v) is 10.5. The molecule has 2 heterocycles. The van der Waals surface area contributed by atoms with Crippen molar-refractivity contribution >= 4 is 33.4 Å². The van der Waals surface area contributed by atoms with E-state index in [2.05, 4.69) is 0 Å². The molecule has 3 aromatic carbocycles. The minimum atomic E-state index is -0.453. The van der Waals surface area contributed by atoms with E-state index in [0.29, 0.717) is 39.8 Å². The number of imidazole rings is 1. The van der Waals surface area contributed by atoms with E-state index in [-0.39, 0.29) is 12.2 Å². The summed E-state index contributed by atoms with van der Waals surface area (Å²) in [7, 11) is 1.61. The van der Waals surface area contributed by atoms with Crippen LogP contribution in [0.15, 0.2) is 77.6 Å². The van der Waals surface area contributed by atoms with Gasteiger partial charge in [0.2, 0.25) is 0 Å². The molecule has 0 aliphatic rings. The number of rotatable bonds is 5. The summed E-state index contributed by atoms with van der Waals surface area (Å²) in [6.07, 6.45) is 0. The van der Waals surface area contributed by atoms with Crippen molar-refractivity contribution in [1.82, 2.24) is 8.97 Å². The maximum atomic E-state index is 13.6. The largest absolute Gasteiger partial charge is 0.497 e. The van der Waals surface area contributed by atoms with Gasteiger partial charge in [-0.1, -0.05) is 48.5 Å². The van der Waals surface area contributed by atoms with E-state index in [4.69, 9.17) is 9.47 Å². The van der Waals surface area contributed by atoms with Crippen LogP contribution in [0.4, 0.5) is 0 Å². The summed E-state index contributed by atoms with van der Waals surface area (Å²) in [6, 6.07) is 22.7. The van der Waals surface area contributed by atoms with Gasteiger partial charge in [0.05, 0.1) is 24.8 Å². The highest BCUT2D eigenvalue weighted by Gasteiger charge is 2.25. The number of nitrogens with zero attached hydrogens (tertiary/aromatic N) is 2. The van der Waals surface area contributed by atoms with E-state index >= 15 is 0 Å². The molecule has 6 nitrogen and oxygen atoms in total. The maximum Gasteiger partial charge on any atom is 0.342 e. The van der Waals surface area contributed by atoms with Gasteiger partial charge in [-0.05, 0) is 30.7 Å². The number of esters is 1. The molecule has 160 valence electrons. The van der Waals surface area contributed by atoms with Crippen molar-refractivity contribution in [1.29, 1.82) is 0 Å². The van der Waals surface area contributed by atoms with Crippen molar-refractivity contribution in [3.63, 3.8) is 0 Å². The monoisotopic (exact) mass is 426 g/mol. The molecule has 0 atom stereocenters. The Labute approximate surface area is 184 Å². The average molecular weight is 426 g/mol. The molecule has 0 saturated heterocycles. The van der Waals surface area contributed by atoms with Gasteiger partial charge in [0.25, 0.3) is 5.56 Å². The normalized spacial score (nSPS) is 11.3. The third-order valence-corrected chi connectivity index (χ3v) is 5.70. The highest BCUT2D eigenvalue weighted by Crippen LogP contribution is 2.30. The van der Waals surface area contributed by atoms with Gasteiger partial charge in [-0.15, -0.1) is 0 Å². The molecule has 0 fully saturated rings. The number of methoxy groups -OCH3 is 1. The van der Waals surface area contributed by atoms with Crippen molar-refractivity contribution in [2.24, 2.45) is 0 Å². The van der Waals surface area contributed by atoms with Gasteiger partial charge in [-0.2, -0.15) is 0 Å². The second-order valence-corrected chi connectivity index (χ2v) is 7.53. The van der Waals surface area contributed by atoms with Crippen LogP contribution in [0.3, 0.4) is 0 Å². The molecule has 0 radical (unpaired) electrons. The van der Waals surface area contributed by atoms with Crippen LogP contribution in [0.5, 0.6) is 5.75 Å². The van der Waals surface area contributed by atoms with Gasteiger partial charge in [0.1, 0.15) is 17.0 Å². The van der Waals surface area contributed by atoms with Crippen LogP contribution < -0.4 is 10.3 Å². The Balaban J connectivity index is 2.00. The van der Waals surface area contributed by atoms with E-state index in [1.54, 1.807) is 36.6 Å². The fraction of sp³-hybridized carbons (Fsp3) is 0.154. The molecule has 5 aromatic rings. The summed E-state index contributed by atoms with van der Waals surface area (Å²) in [6.45, 7) is 2.49. The summed E-state index contributed by atoms with van der Waals surface area (Å²) in [4.78, 5) is 26.8. The molecule has 0 N–H and O–H groups in total. The van der Waals surface area contributed by atoms with Crippen LogP contribution in [0, 0.1) is 0 Å². The van der Waals surface area contributed by atoms with Crippen molar-refractivity contribution < 1.29 is 14.3 Å². The van der Waals surface area contributed by atoms with Crippen molar-refractivity contribution in [3.05, 3.63) is 94.3 Å². The van der Waals surface area contributed by atoms with Crippen molar-refractivity contribution in [3.8, 4) is 5.75 Å². The Morgan fingerprint density at radius 3 is 2.34 bits per heavy atom. The minimum absolute atomic E-state index is 0.175. The number of hydrogen-bond donors (Lipinski definition) is 0. The number of carbonyl (C=O) groups is 1. The molecule has 6 heteroatoms. The molecule has 2 aromatic heterocycles. The molecule has 0 bridgehead atoms. The van der Waals surface area contributed by atoms with Gasteiger partial charge in [-0.3, -0.25) is 9.20 Å². The molecule has 0 saturated carbocycles. The fourth-order valence-corrected chi connectivity index (χ4v) is 4.30. The smallest absolute Gasteiger partial charge is 0.342 e. The Morgan fingerprint density at radius 1 is 0.906 bits per heavy atom. The van der Waals surface area contributed by atoms with Gasteiger partial charge in [0, 0.05) is 23.4 Å². The first-order chi connectivity index (χ1) is 15.6. The van der Waals surface area contributed by atoms with E-state index in [1.165, 1.54) is 0 Å². The van der Waals surface area contributed by atoms with Crippen LogP contribution in [-0.2, 0) is 11.3 Å². The first-order valence-electron chi connectivity index (χ1n) is 10.5. The SMILES string of the molecule is CCOC(=O)c1c2ccccc2c(=O)n2c3ccc(OC)cc3n(Cc3ccccc3)c12. The predicted octanol–water partition coefficient (Wildman–Crippen LogP) is 4.64. The molecular formula is C26H22N2O4. The molecule has 0 aliphatic heterocycles. The lowest BCUT2D eigenvalue weighted by molar-refractivity contribution is 0.0530. The van der Waals surface area contributed by atoms with Gasteiger partial charge >= 0.3 is 5.97 Å². The molecule has 5 rings (SSSR count). The van der Waals surface area contributed by atoms with Crippen LogP contribution in [0.1, 0.15) is 22.8 Å². The third kappa shape index (κ3) is 3.03. The van der Waals surface area contributed by atoms with Crippen LogP contribution in [0.2, 0.25) is 0 Å². The topological polar surface area (TPSA) is 61.9 Å². The molecule has 0 unspecified atom stereocenters. The standard InChI is InChI=1S/C26H22N2O4/c1-3-32-26(30)23-19-11-7-8-12-20(19)25(29)28-21-14-13-18(31-2)15-22(21)27(24(23)28)16-17-9-5-4-6-10-17/h4-15H,3,16H2,1-2H3. The molecule has 0 spiro atoms. The lowest BCUT2D eigenvalue weighted by Gasteiger charge is -2.13. The second kappa shape index (κ2) is 7.89. The lowest BCUT2D eigenvalue weighted by Crippen LogP contribution is -2.19. The zero-order chi connectivity index (χ0) is 22.2. The summed E-state index contributed by atoms with van der Waals surface area (Å²) in [5.74, 6) is 0.218. The summed E-state index contributed by atoms with van der Waals surface area (Å²) < 4.78 is 14.5. The minimum Gasteiger partial charge on any atom is -0.497 e. The number of benzene rings is 3. The Bertz CT molecular complexity index is 1530. The lowest BCUT2D eigenvalue weighted by atomic mass is 10.1. The number of aromatic nitrogens is 2. The zero-order valence-corrected chi connectivity index (χ0v) is 17.9. The molecular weight excluding hydrogens is 404 g/mol. The van der Waals surface area contributed by atoms with E-state index < -0.39 is 5.97 Å². The number of carbonyl (C=O) groups excluding carboxylic acids is 1. The van der Waals surface area contributed by atoms with Gasteiger partial charge < -0.3 is 14.0 Å². The molecule has 0 aliphatic carbocycles. The highest BCUT2D eigenvalue weighted by atomic mass is 16.5. The Morgan fingerprint density at radius 2 is 1.62 bits per heavy atom. The number of fused-ring (bicyclic) bond motifs is 4. The summed E-state index contributed by atoms with van der Waals surface area (Å²) in [5.41, 5.74) is 3.27. The number of hydrogen-bond acceptors (Lipinski definition) is 4. The quantitative estimate of drug-likeness (QED) is 0.384. The second-order valence-electron chi connectivity index (χ2n) is 7.53. The number of ether oxygens (including phenoxy) is 2. The average Bonchev–Trinajstić information content (AvgIpc) is 3.13. The predicted molar refractivity (Wildman–Crippen MR) is 125 cm³/mol. The highest BCUT2D eigenvalue weighted by molar-refractivity contribution is 6.11. The number of pyridine rings is 1. The van der Waals surface area contributed by atoms with Crippen molar-refractivity contribution in [2.45, 2.75) is 13.5 Å². The van der Waals surface area contributed by atoms with E-state index in [0.717, 1.165) is 11.1 Å². The Kier molecular flexibility index (Phi) is 4.90.